The van der Waals surface area contributed by atoms with Gasteiger partial charge < -0.3 is 33.9 Å². The van der Waals surface area contributed by atoms with Crippen LogP contribution >= 0.6 is 0 Å². The third-order valence-electron chi connectivity index (χ3n) is 5.80. The second-order valence-corrected chi connectivity index (χ2v) is 7.59. The summed E-state index contributed by atoms with van der Waals surface area (Å²) in [6.45, 7) is 8.26. The predicted molar refractivity (Wildman–Crippen MR) is 102 cm³/mol. The van der Waals surface area contributed by atoms with Crippen molar-refractivity contribution < 1.29 is 38.7 Å². The molecule has 3 aliphatic rings. The van der Waals surface area contributed by atoms with Crippen molar-refractivity contribution in [1.29, 1.82) is 0 Å². The minimum absolute atomic E-state index is 0.0296. The molecule has 0 aromatic rings. The third-order valence-corrected chi connectivity index (χ3v) is 5.80. The SMILES string of the molecule is C=C(C=O)/C(O)=C(\C)[C@H](CCO)O[C@H]1C[C@H]2[C@H](O[C@@H]3[C@@H](OC)OCCN32)[C@H](C)O1. The number of methoxy groups -OCH3 is 1. The molecular formula is C20H31NO8. The summed E-state index contributed by atoms with van der Waals surface area (Å²) in [5.41, 5.74) is 0.402. The third kappa shape index (κ3) is 4.56. The van der Waals surface area contributed by atoms with Crippen LogP contribution < -0.4 is 0 Å². The molecule has 0 aromatic carbocycles. The Morgan fingerprint density at radius 1 is 1.41 bits per heavy atom. The van der Waals surface area contributed by atoms with Crippen molar-refractivity contribution in [3.8, 4) is 0 Å². The molecule has 0 aromatic heterocycles. The first-order valence-corrected chi connectivity index (χ1v) is 9.92. The lowest BCUT2D eigenvalue weighted by molar-refractivity contribution is -0.252. The average Bonchev–Trinajstić information content (AvgIpc) is 3.11. The zero-order valence-electron chi connectivity index (χ0n) is 17.2. The van der Waals surface area contributed by atoms with Crippen molar-refractivity contribution in [3.05, 3.63) is 23.5 Å². The van der Waals surface area contributed by atoms with Crippen LogP contribution in [0.15, 0.2) is 23.5 Å². The van der Waals surface area contributed by atoms with Crippen LogP contribution in [0, 0.1) is 0 Å². The average molecular weight is 413 g/mol. The number of hydrogen-bond acceptors (Lipinski definition) is 9. The van der Waals surface area contributed by atoms with Gasteiger partial charge in [0.05, 0.1) is 18.8 Å². The molecule has 3 fully saturated rings. The molecular weight excluding hydrogens is 382 g/mol. The highest BCUT2D eigenvalue weighted by molar-refractivity contribution is 5.78. The maximum absolute atomic E-state index is 10.9. The number of aldehydes is 1. The number of carbonyl (C=O) groups is 1. The molecule has 3 rings (SSSR count). The highest BCUT2D eigenvalue weighted by Gasteiger charge is 2.53. The number of nitrogens with zero attached hydrogens (tertiary/aromatic N) is 1. The van der Waals surface area contributed by atoms with E-state index in [1.807, 2.05) is 6.92 Å². The van der Waals surface area contributed by atoms with Crippen LogP contribution in [-0.2, 0) is 28.5 Å². The van der Waals surface area contributed by atoms with Gasteiger partial charge in [0.2, 0.25) is 0 Å². The lowest BCUT2D eigenvalue weighted by atomic mass is 9.98. The fraction of sp³-hybridized carbons (Fsp3) is 0.750. The van der Waals surface area contributed by atoms with E-state index in [1.165, 1.54) is 0 Å². The summed E-state index contributed by atoms with van der Waals surface area (Å²) in [6, 6.07) is 0.0768. The number of aliphatic hydroxyl groups is 2. The monoisotopic (exact) mass is 413 g/mol. The number of morpholine rings is 1. The van der Waals surface area contributed by atoms with Gasteiger partial charge in [-0.2, -0.15) is 0 Å². The fourth-order valence-electron chi connectivity index (χ4n) is 4.26. The Kier molecular flexibility index (Phi) is 7.44. The van der Waals surface area contributed by atoms with Crippen LogP contribution in [0.5, 0.6) is 0 Å². The first-order chi connectivity index (χ1) is 13.9. The molecule has 0 bridgehead atoms. The Bertz CT molecular complexity index is 638. The summed E-state index contributed by atoms with van der Waals surface area (Å²) in [4.78, 5) is 13.2. The molecule has 29 heavy (non-hydrogen) atoms. The molecule has 0 amide bonds. The van der Waals surface area contributed by atoms with Gasteiger partial charge in [0, 0.05) is 44.7 Å². The van der Waals surface area contributed by atoms with Gasteiger partial charge in [-0.3, -0.25) is 9.69 Å². The van der Waals surface area contributed by atoms with Crippen LogP contribution in [0.25, 0.3) is 0 Å². The van der Waals surface area contributed by atoms with E-state index in [0.29, 0.717) is 24.9 Å². The van der Waals surface area contributed by atoms with Gasteiger partial charge in [0.25, 0.3) is 0 Å². The van der Waals surface area contributed by atoms with Crippen molar-refractivity contribution in [1.82, 2.24) is 4.90 Å². The molecule has 9 heteroatoms. The van der Waals surface area contributed by atoms with E-state index in [0.717, 1.165) is 6.54 Å². The lowest BCUT2D eigenvalue weighted by Gasteiger charge is -2.41. The highest BCUT2D eigenvalue weighted by atomic mass is 16.7. The lowest BCUT2D eigenvalue weighted by Crippen LogP contribution is -2.55. The van der Waals surface area contributed by atoms with Crippen molar-refractivity contribution in [2.75, 3.05) is 26.9 Å². The van der Waals surface area contributed by atoms with Gasteiger partial charge in [0.15, 0.2) is 25.1 Å². The summed E-state index contributed by atoms with van der Waals surface area (Å²) in [5, 5.41) is 19.6. The molecule has 9 nitrogen and oxygen atoms in total. The number of rotatable bonds is 8. The second-order valence-electron chi connectivity index (χ2n) is 7.59. The largest absolute Gasteiger partial charge is 0.507 e. The minimum atomic E-state index is -0.611. The summed E-state index contributed by atoms with van der Waals surface area (Å²) in [6.07, 6.45) is -0.947. The Labute approximate surface area is 170 Å². The summed E-state index contributed by atoms with van der Waals surface area (Å²) in [5.74, 6) is -0.222. The normalized spacial score (nSPS) is 36.7. The van der Waals surface area contributed by atoms with Gasteiger partial charge in [-0.25, -0.2) is 0 Å². The van der Waals surface area contributed by atoms with Crippen LogP contribution in [0.2, 0.25) is 0 Å². The Morgan fingerprint density at radius 2 is 2.17 bits per heavy atom. The van der Waals surface area contributed by atoms with Crippen molar-refractivity contribution >= 4 is 6.29 Å². The summed E-state index contributed by atoms with van der Waals surface area (Å²) < 4.78 is 29.4. The van der Waals surface area contributed by atoms with Gasteiger partial charge in [0.1, 0.15) is 11.9 Å². The Balaban J connectivity index is 1.73. The molecule has 0 saturated carbocycles. The molecule has 0 unspecified atom stereocenters. The zero-order chi connectivity index (χ0) is 21.1. The highest BCUT2D eigenvalue weighted by Crippen LogP contribution is 2.38. The topological polar surface area (TPSA) is 107 Å². The van der Waals surface area contributed by atoms with Crippen LogP contribution in [0.3, 0.4) is 0 Å². The first-order valence-electron chi connectivity index (χ1n) is 9.92. The number of hydrogen-bond donors (Lipinski definition) is 2. The Morgan fingerprint density at radius 3 is 2.83 bits per heavy atom. The molecule has 7 atom stereocenters. The van der Waals surface area contributed by atoms with E-state index in [2.05, 4.69) is 11.5 Å². The second kappa shape index (κ2) is 9.65. The number of fused-ring (bicyclic) bond motifs is 3. The van der Waals surface area contributed by atoms with Crippen LogP contribution in [-0.4, -0.2) is 91.4 Å². The van der Waals surface area contributed by atoms with Crippen LogP contribution in [0.1, 0.15) is 26.7 Å². The molecule has 3 heterocycles. The number of ether oxygens (including phenoxy) is 5. The van der Waals surface area contributed by atoms with Gasteiger partial charge in [-0.05, 0) is 19.4 Å². The molecule has 0 radical (unpaired) electrons. The maximum Gasteiger partial charge on any atom is 0.197 e. The van der Waals surface area contributed by atoms with Gasteiger partial charge in [-0.1, -0.05) is 6.58 Å². The zero-order valence-corrected chi connectivity index (χ0v) is 17.2. The van der Waals surface area contributed by atoms with E-state index >= 15 is 0 Å². The van der Waals surface area contributed by atoms with E-state index in [1.54, 1.807) is 14.0 Å². The number of aliphatic hydroxyl groups excluding tert-OH is 2. The molecule has 164 valence electrons. The predicted octanol–water partition coefficient (Wildman–Crippen LogP) is 0.874. The van der Waals surface area contributed by atoms with E-state index < -0.39 is 18.7 Å². The summed E-state index contributed by atoms with van der Waals surface area (Å²) >= 11 is 0. The van der Waals surface area contributed by atoms with Gasteiger partial charge >= 0.3 is 0 Å². The fourth-order valence-corrected chi connectivity index (χ4v) is 4.26. The first kappa shape index (κ1) is 22.4. The van der Waals surface area contributed by atoms with Crippen molar-refractivity contribution in [3.63, 3.8) is 0 Å². The summed E-state index contributed by atoms with van der Waals surface area (Å²) in [7, 11) is 1.60. The molecule has 3 aliphatic heterocycles. The molecule has 2 N–H and O–H groups in total. The number of allylic oxidation sites excluding steroid dienone is 1. The van der Waals surface area contributed by atoms with Crippen molar-refractivity contribution in [2.45, 2.75) is 69.9 Å². The number of carbonyl (C=O) groups excluding carboxylic acids is 1. The van der Waals surface area contributed by atoms with Crippen LogP contribution in [0.4, 0.5) is 0 Å². The molecule has 3 saturated heterocycles. The van der Waals surface area contributed by atoms with Crippen molar-refractivity contribution in [2.24, 2.45) is 0 Å². The van der Waals surface area contributed by atoms with E-state index in [4.69, 9.17) is 23.7 Å². The van der Waals surface area contributed by atoms with Gasteiger partial charge in [-0.15, -0.1) is 0 Å². The minimum Gasteiger partial charge on any atom is -0.507 e. The molecule has 0 spiro atoms. The molecule has 0 aliphatic carbocycles. The maximum atomic E-state index is 10.9. The smallest absolute Gasteiger partial charge is 0.197 e. The standard InChI is InChI=1S/C20H31NO8/c1-11(10-23)17(24)12(2)15(5-7-22)28-16-9-14-18(13(3)27-16)29-19-20(25-4)26-8-6-21(14)19/h10,13-16,18-20,22,24H,1,5-9H2,2-4H3/b17-12-/t13-,14-,15-,16-,18+,19+,20-/m0/s1. The quantitative estimate of drug-likeness (QED) is 0.259. The van der Waals surface area contributed by atoms with E-state index in [9.17, 15) is 15.0 Å². The Hall–Kier alpha value is -1.33. The van der Waals surface area contributed by atoms with E-state index in [-0.39, 0.29) is 48.8 Å².